The minimum absolute atomic E-state index is 0.0217. The number of para-hydroxylation sites is 1. The number of anilines is 1. The van der Waals surface area contributed by atoms with E-state index >= 15 is 0 Å². The molecule has 0 aromatic heterocycles. The molecule has 192 valence electrons. The van der Waals surface area contributed by atoms with Crippen LogP contribution in [0.25, 0.3) is 0 Å². The predicted octanol–water partition coefficient (Wildman–Crippen LogP) is 3.78. The third-order valence-electron chi connectivity index (χ3n) is 6.19. The summed E-state index contributed by atoms with van der Waals surface area (Å²) < 4.78 is 26.7. The van der Waals surface area contributed by atoms with Crippen LogP contribution in [0.4, 0.5) is 5.69 Å². The van der Waals surface area contributed by atoms with Crippen LogP contribution in [0, 0.1) is 0 Å². The molecule has 0 bridgehead atoms. The van der Waals surface area contributed by atoms with Crippen molar-refractivity contribution in [2.75, 3.05) is 23.7 Å². The van der Waals surface area contributed by atoms with Gasteiger partial charge in [-0.05, 0) is 49.8 Å². The largest absolute Gasteiger partial charge is 0.352 e. The van der Waals surface area contributed by atoms with Crippen LogP contribution in [0.2, 0.25) is 0 Å². The van der Waals surface area contributed by atoms with Gasteiger partial charge in [0.15, 0.2) is 0 Å². The Morgan fingerprint density at radius 3 is 2.14 bits per heavy atom. The maximum absolute atomic E-state index is 13.7. The summed E-state index contributed by atoms with van der Waals surface area (Å²) in [6, 6.07) is 16.2. The van der Waals surface area contributed by atoms with Crippen molar-refractivity contribution in [2.45, 2.75) is 65.5 Å². The van der Waals surface area contributed by atoms with E-state index in [0.29, 0.717) is 31.5 Å². The molecule has 2 aromatic carbocycles. The van der Waals surface area contributed by atoms with E-state index in [1.807, 2.05) is 70.2 Å². The van der Waals surface area contributed by atoms with Crippen molar-refractivity contribution in [1.82, 2.24) is 10.2 Å². The molecule has 0 fully saturated rings. The van der Waals surface area contributed by atoms with Crippen LogP contribution >= 0.6 is 0 Å². The van der Waals surface area contributed by atoms with Crippen molar-refractivity contribution in [1.29, 1.82) is 0 Å². The molecular formula is C27H39N3O4S. The van der Waals surface area contributed by atoms with Gasteiger partial charge in [0.2, 0.25) is 21.8 Å². The summed E-state index contributed by atoms with van der Waals surface area (Å²) >= 11 is 0. The number of nitrogens with zero attached hydrogens (tertiary/aromatic N) is 2. The number of aryl methyl sites for hydroxylation is 1. The Hall–Kier alpha value is -2.87. The quantitative estimate of drug-likeness (QED) is 0.453. The van der Waals surface area contributed by atoms with E-state index in [1.54, 1.807) is 12.1 Å². The summed E-state index contributed by atoms with van der Waals surface area (Å²) in [4.78, 5) is 28.4. The summed E-state index contributed by atoms with van der Waals surface area (Å²) in [6.07, 6.45) is 3.49. The molecule has 2 amide bonds. The molecule has 0 saturated heterocycles. The number of nitrogens with one attached hydrogen (secondary N) is 1. The van der Waals surface area contributed by atoms with E-state index < -0.39 is 22.0 Å². The third-order valence-corrected chi connectivity index (χ3v) is 7.32. The van der Waals surface area contributed by atoms with Crippen LogP contribution in [0.1, 0.15) is 51.7 Å². The van der Waals surface area contributed by atoms with E-state index in [9.17, 15) is 18.0 Å². The highest BCUT2D eigenvalue weighted by atomic mass is 32.2. The Labute approximate surface area is 210 Å². The lowest BCUT2D eigenvalue weighted by molar-refractivity contribution is -0.139. The first kappa shape index (κ1) is 28.4. The molecule has 8 heteroatoms. The van der Waals surface area contributed by atoms with Gasteiger partial charge < -0.3 is 10.2 Å². The number of amides is 2. The second-order valence-electron chi connectivity index (χ2n) is 8.82. The lowest BCUT2D eigenvalue weighted by Crippen LogP contribution is -2.54. The van der Waals surface area contributed by atoms with Crippen molar-refractivity contribution in [3.8, 4) is 0 Å². The average Bonchev–Trinajstić information content (AvgIpc) is 2.84. The second kappa shape index (κ2) is 13.3. The van der Waals surface area contributed by atoms with E-state index in [1.165, 1.54) is 4.90 Å². The standard InChI is InChI=1S/C27H39N3O4S/c1-6-21(4)28-27(32)24(8-3)29(19-18-22-14-10-9-11-15-22)26(31)20-30(35(5,33)34)25-17-13-12-16-23(25)7-2/h9-17,21,24H,6-8,18-20H2,1-5H3,(H,28,32)/t21-,24+/m1/s1. The minimum Gasteiger partial charge on any atom is -0.352 e. The SMILES string of the molecule is CCc1ccccc1N(CC(=O)N(CCc1ccccc1)[C@@H](CC)C(=O)N[C@H](C)CC)S(C)(=O)=O. The molecule has 0 aliphatic carbocycles. The third kappa shape index (κ3) is 8.09. The van der Waals surface area contributed by atoms with Crippen LogP contribution in [-0.2, 0) is 32.5 Å². The summed E-state index contributed by atoms with van der Waals surface area (Å²) in [6.45, 7) is 7.66. The van der Waals surface area contributed by atoms with Crippen LogP contribution in [0.3, 0.4) is 0 Å². The predicted molar refractivity (Wildman–Crippen MR) is 142 cm³/mol. The first-order chi connectivity index (χ1) is 16.6. The maximum Gasteiger partial charge on any atom is 0.244 e. The molecule has 0 unspecified atom stereocenters. The fourth-order valence-corrected chi connectivity index (χ4v) is 4.87. The number of benzene rings is 2. The lowest BCUT2D eigenvalue weighted by Gasteiger charge is -2.33. The summed E-state index contributed by atoms with van der Waals surface area (Å²) in [5.74, 6) is -0.619. The summed E-state index contributed by atoms with van der Waals surface area (Å²) in [7, 11) is -3.74. The van der Waals surface area contributed by atoms with Crippen molar-refractivity contribution in [3.63, 3.8) is 0 Å². The monoisotopic (exact) mass is 501 g/mol. The number of hydrogen-bond donors (Lipinski definition) is 1. The highest BCUT2D eigenvalue weighted by Gasteiger charge is 2.32. The first-order valence-electron chi connectivity index (χ1n) is 12.3. The van der Waals surface area contributed by atoms with Gasteiger partial charge >= 0.3 is 0 Å². The fraction of sp³-hybridized carbons (Fsp3) is 0.481. The molecule has 2 aromatic rings. The van der Waals surface area contributed by atoms with Gasteiger partial charge in [0.05, 0.1) is 11.9 Å². The molecule has 0 heterocycles. The van der Waals surface area contributed by atoms with E-state index in [2.05, 4.69) is 5.32 Å². The number of hydrogen-bond acceptors (Lipinski definition) is 4. The average molecular weight is 502 g/mol. The van der Waals surface area contributed by atoms with Gasteiger partial charge in [-0.3, -0.25) is 13.9 Å². The lowest BCUT2D eigenvalue weighted by atomic mass is 10.1. The zero-order valence-electron chi connectivity index (χ0n) is 21.5. The number of sulfonamides is 1. The first-order valence-corrected chi connectivity index (χ1v) is 14.2. The molecule has 0 aliphatic heterocycles. The maximum atomic E-state index is 13.7. The zero-order valence-corrected chi connectivity index (χ0v) is 22.3. The van der Waals surface area contributed by atoms with Gasteiger partial charge in [0, 0.05) is 12.6 Å². The molecule has 2 rings (SSSR count). The Morgan fingerprint density at radius 1 is 0.943 bits per heavy atom. The molecule has 7 nitrogen and oxygen atoms in total. The fourth-order valence-electron chi connectivity index (χ4n) is 3.98. The highest BCUT2D eigenvalue weighted by molar-refractivity contribution is 7.92. The van der Waals surface area contributed by atoms with Crippen molar-refractivity contribution in [2.24, 2.45) is 0 Å². The summed E-state index contributed by atoms with van der Waals surface area (Å²) in [5.41, 5.74) is 2.37. The van der Waals surface area contributed by atoms with Gasteiger partial charge in [-0.2, -0.15) is 0 Å². The highest BCUT2D eigenvalue weighted by Crippen LogP contribution is 2.24. The number of rotatable bonds is 13. The van der Waals surface area contributed by atoms with Crippen LogP contribution < -0.4 is 9.62 Å². The Balaban J connectivity index is 2.40. The van der Waals surface area contributed by atoms with E-state index in [0.717, 1.165) is 28.1 Å². The molecule has 0 spiro atoms. The normalized spacial score (nSPS) is 13.1. The van der Waals surface area contributed by atoms with Crippen molar-refractivity contribution >= 4 is 27.5 Å². The molecular weight excluding hydrogens is 462 g/mol. The van der Waals surface area contributed by atoms with Crippen LogP contribution in [0.15, 0.2) is 54.6 Å². The molecule has 35 heavy (non-hydrogen) atoms. The minimum atomic E-state index is -3.74. The molecule has 1 N–H and O–H groups in total. The van der Waals surface area contributed by atoms with Gasteiger partial charge in [0.1, 0.15) is 12.6 Å². The molecule has 2 atom stereocenters. The number of carbonyl (C=O) groups excluding carboxylic acids is 2. The van der Waals surface area contributed by atoms with E-state index in [4.69, 9.17) is 0 Å². The Bertz CT molecular complexity index is 1070. The summed E-state index contributed by atoms with van der Waals surface area (Å²) in [5, 5.41) is 2.98. The van der Waals surface area contributed by atoms with Crippen molar-refractivity contribution < 1.29 is 18.0 Å². The van der Waals surface area contributed by atoms with Gasteiger partial charge in [0.25, 0.3) is 0 Å². The smallest absolute Gasteiger partial charge is 0.244 e. The zero-order chi connectivity index (χ0) is 26.0. The Morgan fingerprint density at radius 2 is 1.57 bits per heavy atom. The van der Waals surface area contributed by atoms with Gasteiger partial charge in [-0.15, -0.1) is 0 Å². The van der Waals surface area contributed by atoms with E-state index in [-0.39, 0.29) is 18.5 Å². The van der Waals surface area contributed by atoms with Crippen LogP contribution in [-0.4, -0.2) is 56.6 Å². The number of carbonyl (C=O) groups is 2. The molecule has 0 saturated carbocycles. The Kier molecular flexibility index (Phi) is 10.8. The van der Waals surface area contributed by atoms with Gasteiger partial charge in [-0.25, -0.2) is 8.42 Å². The van der Waals surface area contributed by atoms with Crippen molar-refractivity contribution in [3.05, 3.63) is 65.7 Å². The second-order valence-corrected chi connectivity index (χ2v) is 10.7. The van der Waals surface area contributed by atoms with Gasteiger partial charge in [-0.1, -0.05) is 69.3 Å². The molecule has 0 radical (unpaired) electrons. The molecule has 0 aliphatic rings. The van der Waals surface area contributed by atoms with Crippen LogP contribution in [0.5, 0.6) is 0 Å². The topological polar surface area (TPSA) is 86.8 Å².